The van der Waals surface area contributed by atoms with Crippen LogP contribution < -0.4 is 16.0 Å². The Morgan fingerprint density at radius 1 is 1.07 bits per heavy atom. The van der Waals surface area contributed by atoms with Crippen molar-refractivity contribution in [3.63, 3.8) is 0 Å². The lowest BCUT2D eigenvalue weighted by molar-refractivity contribution is -0.127. The Kier molecular flexibility index (Phi) is 10.2. The third-order valence-electron chi connectivity index (χ3n) is 6.22. The summed E-state index contributed by atoms with van der Waals surface area (Å²) in [5.41, 5.74) is 6.26. The number of amides is 1. The largest absolute Gasteiger partial charge is 0.355 e. The molecular weight excluding hydrogens is 423 g/mol. The highest BCUT2D eigenvalue weighted by molar-refractivity contribution is 5.86. The zero-order valence-corrected chi connectivity index (χ0v) is 18.4. The zero-order chi connectivity index (χ0) is 17.2. The topological polar surface area (TPSA) is 87.4 Å². The van der Waals surface area contributed by atoms with Gasteiger partial charge in [0, 0.05) is 57.7 Å². The molecule has 2 aliphatic carbocycles. The molecule has 0 aromatic carbocycles. The summed E-state index contributed by atoms with van der Waals surface area (Å²) in [6.07, 6.45) is 7.11. The maximum Gasteiger partial charge on any atom is 0.225 e. The molecule has 0 spiro atoms. The van der Waals surface area contributed by atoms with Gasteiger partial charge in [-0.3, -0.25) is 9.69 Å². The lowest BCUT2D eigenvalue weighted by Gasteiger charge is -2.34. The minimum absolute atomic E-state index is 0. The summed E-state index contributed by atoms with van der Waals surface area (Å²) in [6.45, 7) is 5.40. The predicted octanol–water partition coefficient (Wildman–Crippen LogP) is 1.35. The van der Waals surface area contributed by atoms with E-state index in [0.717, 1.165) is 45.1 Å². The zero-order valence-electron chi connectivity index (χ0n) is 15.9. The van der Waals surface area contributed by atoms with Gasteiger partial charge >= 0.3 is 0 Å². The van der Waals surface area contributed by atoms with Crippen molar-refractivity contribution in [2.45, 2.75) is 25.3 Å². The highest BCUT2D eigenvalue weighted by Gasteiger charge is 2.48. The van der Waals surface area contributed by atoms with E-state index in [2.05, 4.69) is 25.1 Å². The van der Waals surface area contributed by atoms with Crippen molar-refractivity contribution in [1.29, 1.82) is 0 Å². The lowest BCUT2D eigenvalue weighted by Crippen LogP contribution is -2.50. The Morgan fingerprint density at radius 2 is 1.71 bits per heavy atom. The number of piperazine rings is 1. The quantitative estimate of drug-likeness (QED) is 0.700. The molecule has 2 heterocycles. The van der Waals surface area contributed by atoms with E-state index in [-0.39, 0.29) is 55.1 Å². The van der Waals surface area contributed by atoms with E-state index in [4.69, 9.17) is 5.73 Å². The van der Waals surface area contributed by atoms with Crippen LogP contribution in [0.2, 0.25) is 0 Å². The molecule has 4 unspecified atom stereocenters. The average Bonchev–Trinajstić information content (AvgIpc) is 3.24. The molecule has 1 aromatic rings. The van der Waals surface area contributed by atoms with Crippen molar-refractivity contribution >= 4 is 49.1 Å². The second-order valence-corrected chi connectivity index (χ2v) is 7.60. The van der Waals surface area contributed by atoms with E-state index < -0.39 is 0 Å². The van der Waals surface area contributed by atoms with Crippen LogP contribution in [0.1, 0.15) is 19.3 Å². The Bertz CT molecular complexity index is 600. The Hall–Kier alpha value is -0.860. The molecule has 1 amide bonds. The van der Waals surface area contributed by atoms with E-state index in [0.29, 0.717) is 18.4 Å². The number of fused-ring (bicyclic) bond motifs is 2. The third-order valence-corrected chi connectivity index (χ3v) is 6.22. The number of carbonyl (C=O) groups is 1. The summed E-state index contributed by atoms with van der Waals surface area (Å²) in [7, 11) is 0. The standard InChI is InChI=1S/C18H28N6O.3ClH/c19-16-14-3-2-13(12-14)15(16)17(25)20-6-7-23-8-10-24(11-9-23)18-21-4-1-5-22-18;;;/h1,4-5,13-16H,2-3,6-12,19H2,(H,20,25);3*1H. The Balaban J connectivity index is 0.00000131. The number of aromatic nitrogens is 2. The highest BCUT2D eigenvalue weighted by atomic mass is 35.5. The summed E-state index contributed by atoms with van der Waals surface area (Å²) < 4.78 is 0. The number of nitrogens with one attached hydrogen (secondary N) is 1. The molecular formula is C18H31Cl3N6O. The van der Waals surface area contributed by atoms with Gasteiger partial charge in [-0.1, -0.05) is 0 Å². The summed E-state index contributed by atoms with van der Waals surface area (Å²) in [5, 5.41) is 3.13. The number of anilines is 1. The first-order chi connectivity index (χ1) is 12.2. The van der Waals surface area contributed by atoms with Gasteiger partial charge in [0.15, 0.2) is 0 Å². The van der Waals surface area contributed by atoms with E-state index in [1.807, 2.05) is 6.07 Å². The normalized spacial score (nSPS) is 28.7. The van der Waals surface area contributed by atoms with E-state index >= 15 is 0 Å². The van der Waals surface area contributed by atoms with E-state index in [9.17, 15) is 4.79 Å². The minimum Gasteiger partial charge on any atom is -0.355 e. The average molecular weight is 454 g/mol. The summed E-state index contributed by atoms with van der Waals surface area (Å²) in [4.78, 5) is 25.7. The number of hydrogen-bond acceptors (Lipinski definition) is 6. The van der Waals surface area contributed by atoms with E-state index in [1.54, 1.807) is 12.4 Å². The molecule has 28 heavy (non-hydrogen) atoms. The number of halogens is 3. The fourth-order valence-corrected chi connectivity index (χ4v) is 4.81. The number of hydrogen-bond donors (Lipinski definition) is 2. The van der Waals surface area contributed by atoms with Crippen LogP contribution in [-0.2, 0) is 4.79 Å². The molecule has 4 rings (SSSR count). The fraction of sp³-hybridized carbons (Fsp3) is 0.722. The number of nitrogens with zero attached hydrogens (tertiary/aromatic N) is 4. The monoisotopic (exact) mass is 452 g/mol. The molecule has 1 aliphatic heterocycles. The first-order valence-corrected chi connectivity index (χ1v) is 9.50. The van der Waals surface area contributed by atoms with Gasteiger partial charge in [-0.15, -0.1) is 37.2 Å². The molecule has 160 valence electrons. The third kappa shape index (κ3) is 5.39. The van der Waals surface area contributed by atoms with Crippen molar-refractivity contribution in [1.82, 2.24) is 20.2 Å². The molecule has 0 radical (unpaired) electrons. The number of nitrogens with two attached hydrogens (primary N) is 1. The Morgan fingerprint density at radius 3 is 2.32 bits per heavy atom. The number of rotatable bonds is 5. The molecule has 4 atom stereocenters. The van der Waals surface area contributed by atoms with Crippen LogP contribution in [0.5, 0.6) is 0 Å². The van der Waals surface area contributed by atoms with Gasteiger partial charge in [0.1, 0.15) is 0 Å². The van der Waals surface area contributed by atoms with Crippen molar-refractivity contribution < 1.29 is 4.79 Å². The number of carbonyl (C=O) groups excluding carboxylic acids is 1. The summed E-state index contributed by atoms with van der Waals surface area (Å²) in [5.74, 6) is 2.13. The molecule has 7 nitrogen and oxygen atoms in total. The van der Waals surface area contributed by atoms with Gasteiger partial charge in [-0.05, 0) is 37.2 Å². The maximum atomic E-state index is 12.5. The smallest absolute Gasteiger partial charge is 0.225 e. The molecule has 1 aromatic heterocycles. The van der Waals surface area contributed by atoms with Crippen LogP contribution in [0.25, 0.3) is 0 Å². The second-order valence-electron chi connectivity index (χ2n) is 7.60. The van der Waals surface area contributed by atoms with Crippen LogP contribution >= 0.6 is 37.2 Å². The van der Waals surface area contributed by atoms with E-state index in [1.165, 1.54) is 12.8 Å². The highest BCUT2D eigenvalue weighted by Crippen LogP contribution is 2.47. The molecule has 2 bridgehead atoms. The van der Waals surface area contributed by atoms with Gasteiger partial charge in [0.25, 0.3) is 0 Å². The van der Waals surface area contributed by atoms with Gasteiger partial charge in [-0.2, -0.15) is 0 Å². The van der Waals surface area contributed by atoms with Crippen molar-refractivity contribution in [2.24, 2.45) is 23.5 Å². The summed E-state index contributed by atoms with van der Waals surface area (Å²) in [6, 6.07) is 1.91. The molecule has 3 fully saturated rings. The van der Waals surface area contributed by atoms with Crippen molar-refractivity contribution in [3.05, 3.63) is 18.5 Å². The van der Waals surface area contributed by atoms with Crippen molar-refractivity contribution in [2.75, 3.05) is 44.2 Å². The van der Waals surface area contributed by atoms with Crippen LogP contribution in [0.3, 0.4) is 0 Å². The first-order valence-electron chi connectivity index (χ1n) is 9.50. The SMILES string of the molecule is Cl.Cl.Cl.NC1C2CCC(C2)C1C(=O)NCCN1CCN(c2ncccn2)CC1. The van der Waals surface area contributed by atoms with Gasteiger partial charge < -0.3 is 16.0 Å². The molecule has 1 saturated heterocycles. The lowest BCUT2D eigenvalue weighted by atomic mass is 9.84. The van der Waals surface area contributed by atoms with Gasteiger partial charge in [0.05, 0.1) is 5.92 Å². The van der Waals surface area contributed by atoms with Crippen LogP contribution in [0, 0.1) is 17.8 Å². The second kappa shape index (κ2) is 11.4. The summed E-state index contributed by atoms with van der Waals surface area (Å²) >= 11 is 0. The first kappa shape index (κ1) is 25.2. The fourth-order valence-electron chi connectivity index (χ4n) is 4.81. The molecule has 2 saturated carbocycles. The molecule has 10 heteroatoms. The molecule has 3 aliphatic rings. The van der Waals surface area contributed by atoms with Gasteiger partial charge in [-0.25, -0.2) is 9.97 Å². The van der Waals surface area contributed by atoms with Crippen LogP contribution in [-0.4, -0.2) is 66.1 Å². The van der Waals surface area contributed by atoms with Crippen LogP contribution in [0.4, 0.5) is 5.95 Å². The van der Waals surface area contributed by atoms with Gasteiger partial charge in [0.2, 0.25) is 11.9 Å². The predicted molar refractivity (Wildman–Crippen MR) is 118 cm³/mol. The maximum absolute atomic E-state index is 12.5. The van der Waals surface area contributed by atoms with Crippen LogP contribution in [0.15, 0.2) is 18.5 Å². The Labute approximate surface area is 185 Å². The minimum atomic E-state index is 0. The molecule has 3 N–H and O–H groups in total. The van der Waals surface area contributed by atoms with Crippen molar-refractivity contribution in [3.8, 4) is 0 Å².